The molecule has 1 atom stereocenters. The van der Waals surface area contributed by atoms with Crippen LogP contribution in [0.2, 0.25) is 0 Å². The van der Waals surface area contributed by atoms with Gasteiger partial charge < -0.3 is 5.32 Å². The van der Waals surface area contributed by atoms with Crippen LogP contribution in [-0.2, 0) is 10.0 Å². The van der Waals surface area contributed by atoms with Crippen molar-refractivity contribution in [2.24, 2.45) is 0 Å². The summed E-state index contributed by atoms with van der Waals surface area (Å²) in [7, 11) is -3.64. The molecule has 1 fully saturated rings. The van der Waals surface area contributed by atoms with E-state index in [-0.39, 0.29) is 10.5 Å². The van der Waals surface area contributed by atoms with Crippen LogP contribution in [0.5, 0.6) is 0 Å². The van der Waals surface area contributed by atoms with Gasteiger partial charge in [-0.15, -0.1) is 0 Å². The average molecular weight is 408 g/mol. The summed E-state index contributed by atoms with van der Waals surface area (Å²) in [6, 6.07) is 7.31. The van der Waals surface area contributed by atoms with Crippen LogP contribution >= 0.6 is 0 Å². The third kappa shape index (κ3) is 4.07. The fourth-order valence-corrected chi connectivity index (χ4v) is 4.77. The first-order valence-electron chi connectivity index (χ1n) is 9.07. The molecule has 1 N–H and O–H groups in total. The maximum Gasteiger partial charge on any atom is 0.252 e. The molecule has 5 nitrogen and oxygen atoms in total. The molecule has 1 saturated heterocycles. The molecule has 0 aromatic heterocycles. The van der Waals surface area contributed by atoms with E-state index in [0.29, 0.717) is 24.2 Å². The normalized spacial score (nSPS) is 16.1. The average Bonchev–Trinajstić information content (AvgIpc) is 3.19. The Hall–Kier alpha value is -2.32. The summed E-state index contributed by atoms with van der Waals surface area (Å²) in [5.74, 6) is -2.43. The van der Waals surface area contributed by atoms with Crippen LogP contribution in [0.3, 0.4) is 0 Å². The van der Waals surface area contributed by atoms with Crippen molar-refractivity contribution in [3.8, 4) is 0 Å². The van der Waals surface area contributed by atoms with E-state index in [9.17, 15) is 22.0 Å². The van der Waals surface area contributed by atoms with Gasteiger partial charge in [-0.1, -0.05) is 12.1 Å². The molecule has 28 heavy (non-hydrogen) atoms. The molecule has 3 rings (SSSR count). The van der Waals surface area contributed by atoms with Gasteiger partial charge in [0.05, 0.1) is 10.9 Å². The number of hydrogen-bond acceptors (Lipinski definition) is 3. The van der Waals surface area contributed by atoms with E-state index >= 15 is 0 Å². The summed E-state index contributed by atoms with van der Waals surface area (Å²) >= 11 is 0. The smallest absolute Gasteiger partial charge is 0.252 e. The molecular formula is C20H22F2N2O3S. The Bertz CT molecular complexity index is 1000. The largest absolute Gasteiger partial charge is 0.346 e. The van der Waals surface area contributed by atoms with Crippen molar-refractivity contribution in [1.29, 1.82) is 0 Å². The van der Waals surface area contributed by atoms with E-state index < -0.39 is 33.6 Å². The fourth-order valence-electron chi connectivity index (χ4n) is 3.22. The van der Waals surface area contributed by atoms with Crippen LogP contribution in [0, 0.1) is 18.6 Å². The lowest BCUT2D eigenvalue weighted by atomic mass is 10.1. The molecule has 2 aromatic rings. The first kappa shape index (κ1) is 20.4. The second-order valence-electron chi connectivity index (χ2n) is 6.96. The summed E-state index contributed by atoms with van der Waals surface area (Å²) < 4.78 is 53.5. The highest BCUT2D eigenvalue weighted by Crippen LogP contribution is 2.24. The van der Waals surface area contributed by atoms with Gasteiger partial charge in [0.2, 0.25) is 10.0 Å². The number of aryl methyl sites for hydroxylation is 1. The second-order valence-corrected chi connectivity index (χ2v) is 8.89. The third-order valence-corrected chi connectivity index (χ3v) is 6.84. The standard InChI is InChI=1S/C20H22F2N2O3S/c1-13-5-7-16(28(26,27)24-9-3-4-10-24)12-17(13)20(25)23-14(2)15-6-8-18(21)19(22)11-15/h5-8,11-12,14H,3-4,9-10H2,1-2H3,(H,23,25)/t14-/m0/s1. The van der Waals surface area contributed by atoms with Crippen molar-refractivity contribution >= 4 is 15.9 Å². The highest BCUT2D eigenvalue weighted by atomic mass is 32.2. The minimum absolute atomic E-state index is 0.0747. The summed E-state index contributed by atoms with van der Waals surface area (Å²) in [5.41, 5.74) is 1.26. The van der Waals surface area contributed by atoms with Crippen LogP contribution in [-0.4, -0.2) is 31.7 Å². The van der Waals surface area contributed by atoms with Crippen molar-refractivity contribution in [2.75, 3.05) is 13.1 Å². The van der Waals surface area contributed by atoms with E-state index in [1.165, 1.54) is 22.5 Å². The van der Waals surface area contributed by atoms with Crippen molar-refractivity contribution < 1.29 is 22.0 Å². The summed E-state index contributed by atoms with van der Waals surface area (Å²) in [5, 5.41) is 2.71. The SMILES string of the molecule is Cc1ccc(S(=O)(=O)N2CCCC2)cc1C(=O)N[C@@H](C)c1ccc(F)c(F)c1. The van der Waals surface area contributed by atoms with E-state index in [0.717, 1.165) is 25.0 Å². The van der Waals surface area contributed by atoms with Crippen molar-refractivity contribution in [3.63, 3.8) is 0 Å². The molecule has 0 saturated carbocycles. The molecular weight excluding hydrogens is 386 g/mol. The number of sulfonamides is 1. The van der Waals surface area contributed by atoms with Crippen LogP contribution < -0.4 is 5.32 Å². The predicted molar refractivity (Wildman–Crippen MR) is 101 cm³/mol. The van der Waals surface area contributed by atoms with Crippen LogP contribution in [0.15, 0.2) is 41.3 Å². The zero-order chi connectivity index (χ0) is 20.5. The number of hydrogen-bond donors (Lipinski definition) is 1. The van der Waals surface area contributed by atoms with Gasteiger partial charge in [0.15, 0.2) is 11.6 Å². The van der Waals surface area contributed by atoms with Crippen molar-refractivity contribution in [2.45, 2.75) is 37.6 Å². The van der Waals surface area contributed by atoms with Gasteiger partial charge in [-0.3, -0.25) is 4.79 Å². The van der Waals surface area contributed by atoms with Gasteiger partial charge in [0.1, 0.15) is 0 Å². The Morgan fingerprint density at radius 3 is 2.39 bits per heavy atom. The Labute approximate surface area is 163 Å². The highest BCUT2D eigenvalue weighted by molar-refractivity contribution is 7.89. The molecule has 0 bridgehead atoms. The predicted octanol–water partition coefficient (Wildman–Crippen LogP) is 3.55. The van der Waals surface area contributed by atoms with Crippen molar-refractivity contribution in [3.05, 3.63) is 64.7 Å². The highest BCUT2D eigenvalue weighted by Gasteiger charge is 2.28. The molecule has 1 aliphatic rings. The van der Waals surface area contributed by atoms with Gasteiger partial charge in [0.25, 0.3) is 5.91 Å². The number of carbonyl (C=O) groups is 1. The summed E-state index contributed by atoms with van der Waals surface area (Å²) in [6.45, 7) is 4.31. The molecule has 150 valence electrons. The van der Waals surface area contributed by atoms with Gasteiger partial charge in [0, 0.05) is 18.7 Å². The first-order chi connectivity index (χ1) is 13.2. The van der Waals surface area contributed by atoms with E-state index in [1.807, 2.05) is 0 Å². The summed E-state index contributed by atoms with van der Waals surface area (Å²) in [6.07, 6.45) is 1.65. The van der Waals surface area contributed by atoms with Crippen molar-refractivity contribution in [1.82, 2.24) is 9.62 Å². The molecule has 1 amide bonds. The monoisotopic (exact) mass is 408 g/mol. The lowest BCUT2D eigenvalue weighted by molar-refractivity contribution is 0.0939. The minimum Gasteiger partial charge on any atom is -0.346 e. The third-order valence-electron chi connectivity index (χ3n) is 4.95. The lowest BCUT2D eigenvalue weighted by Gasteiger charge is -2.18. The molecule has 0 unspecified atom stereocenters. The minimum atomic E-state index is -3.64. The number of halogens is 2. The van der Waals surface area contributed by atoms with Crippen LogP contribution in [0.1, 0.15) is 47.3 Å². The Morgan fingerprint density at radius 1 is 1.07 bits per heavy atom. The molecule has 0 radical (unpaired) electrons. The van der Waals surface area contributed by atoms with E-state index in [1.54, 1.807) is 19.9 Å². The maximum atomic E-state index is 13.4. The molecule has 8 heteroatoms. The number of carbonyl (C=O) groups excluding carboxylic acids is 1. The van der Waals surface area contributed by atoms with E-state index in [2.05, 4.69) is 5.32 Å². The quantitative estimate of drug-likeness (QED) is 0.823. The number of rotatable bonds is 5. The van der Waals surface area contributed by atoms with Crippen LogP contribution in [0.4, 0.5) is 8.78 Å². The number of benzene rings is 2. The van der Waals surface area contributed by atoms with E-state index in [4.69, 9.17) is 0 Å². The van der Waals surface area contributed by atoms with Crippen LogP contribution in [0.25, 0.3) is 0 Å². The maximum absolute atomic E-state index is 13.4. The number of nitrogens with one attached hydrogen (secondary N) is 1. The molecule has 1 heterocycles. The topological polar surface area (TPSA) is 66.5 Å². The molecule has 1 aliphatic heterocycles. The zero-order valence-electron chi connectivity index (χ0n) is 15.7. The molecule has 0 spiro atoms. The fraction of sp³-hybridized carbons (Fsp3) is 0.350. The zero-order valence-corrected chi connectivity index (χ0v) is 16.5. The summed E-state index contributed by atoms with van der Waals surface area (Å²) in [4.78, 5) is 12.8. The Balaban J connectivity index is 1.84. The molecule has 2 aromatic carbocycles. The second kappa shape index (κ2) is 7.97. The molecule has 0 aliphatic carbocycles. The van der Waals surface area contributed by atoms with Gasteiger partial charge in [-0.25, -0.2) is 17.2 Å². The number of nitrogens with zero attached hydrogens (tertiary/aromatic N) is 1. The van der Waals surface area contributed by atoms with Gasteiger partial charge in [-0.05, 0) is 62.1 Å². The first-order valence-corrected chi connectivity index (χ1v) is 10.5. The number of amides is 1. The Kier molecular flexibility index (Phi) is 5.81. The van der Waals surface area contributed by atoms with Gasteiger partial charge in [-0.2, -0.15) is 4.31 Å². The lowest BCUT2D eigenvalue weighted by Crippen LogP contribution is -2.30. The van der Waals surface area contributed by atoms with Gasteiger partial charge >= 0.3 is 0 Å². The Morgan fingerprint density at radius 2 is 1.75 bits per heavy atom.